The topological polar surface area (TPSA) is 102 Å². The number of ether oxygens (including phenoxy) is 1. The maximum absolute atomic E-state index is 12.0. The Hall–Kier alpha value is -2.24. The molecular weight excluding hydrogens is 332 g/mol. The van der Waals surface area contributed by atoms with E-state index in [9.17, 15) is 9.59 Å². The number of benzene rings is 1. The van der Waals surface area contributed by atoms with E-state index in [0.717, 1.165) is 36.8 Å². The minimum Gasteiger partial charge on any atom is -0.492 e. The molecule has 2 aliphatic rings. The first-order valence-electron chi connectivity index (χ1n) is 9.63. The smallest absolute Gasteiger partial charge is 0.405 e. The highest BCUT2D eigenvalue weighted by atomic mass is 16.5. The number of nitrogens with one attached hydrogen (secondary N) is 1. The lowest BCUT2D eigenvalue weighted by atomic mass is 9.90. The molecular formula is C20H28N2O4. The monoisotopic (exact) mass is 360 g/mol. The molecule has 142 valence electrons. The molecule has 0 aliphatic heterocycles. The Labute approximate surface area is 154 Å². The molecule has 0 heterocycles. The average molecular weight is 360 g/mol. The van der Waals surface area contributed by atoms with E-state index in [2.05, 4.69) is 5.32 Å². The number of hydrogen-bond acceptors (Lipinski definition) is 3. The van der Waals surface area contributed by atoms with E-state index in [-0.39, 0.29) is 6.04 Å². The van der Waals surface area contributed by atoms with Gasteiger partial charge in [0.05, 0.1) is 18.2 Å². The lowest BCUT2D eigenvalue weighted by molar-refractivity contribution is 0.0994. The molecule has 0 saturated heterocycles. The van der Waals surface area contributed by atoms with Gasteiger partial charge in [-0.15, -0.1) is 0 Å². The summed E-state index contributed by atoms with van der Waals surface area (Å²) in [4.78, 5) is 23.1. The van der Waals surface area contributed by atoms with Crippen molar-refractivity contribution in [3.8, 4) is 5.75 Å². The van der Waals surface area contributed by atoms with Crippen molar-refractivity contribution >= 4 is 12.0 Å². The molecule has 0 aromatic heterocycles. The van der Waals surface area contributed by atoms with Gasteiger partial charge in [0.25, 0.3) is 5.91 Å². The number of rotatable bonds is 5. The van der Waals surface area contributed by atoms with Crippen LogP contribution in [0.25, 0.3) is 0 Å². The number of aryl methyl sites for hydroxylation is 1. The van der Waals surface area contributed by atoms with Crippen LogP contribution in [0.5, 0.6) is 5.75 Å². The van der Waals surface area contributed by atoms with Crippen molar-refractivity contribution in [2.75, 3.05) is 6.61 Å². The summed E-state index contributed by atoms with van der Waals surface area (Å²) in [6.45, 7) is 0.607. The second-order valence-corrected chi connectivity index (χ2v) is 7.47. The van der Waals surface area contributed by atoms with E-state index >= 15 is 0 Å². The second kappa shape index (κ2) is 8.43. The maximum Gasteiger partial charge on any atom is 0.405 e. The minimum atomic E-state index is -1.05. The fraction of sp³-hybridized carbons (Fsp3) is 0.600. The van der Waals surface area contributed by atoms with Crippen LogP contribution in [0.3, 0.4) is 0 Å². The summed E-state index contributed by atoms with van der Waals surface area (Å²) in [7, 11) is 0. The van der Waals surface area contributed by atoms with Gasteiger partial charge in [-0.25, -0.2) is 4.79 Å². The van der Waals surface area contributed by atoms with Gasteiger partial charge >= 0.3 is 6.09 Å². The Balaban J connectivity index is 1.86. The van der Waals surface area contributed by atoms with E-state index in [0.29, 0.717) is 23.8 Å². The fourth-order valence-corrected chi connectivity index (χ4v) is 4.17. The highest BCUT2D eigenvalue weighted by molar-refractivity contribution is 5.96. The first kappa shape index (κ1) is 18.5. The van der Waals surface area contributed by atoms with Crippen molar-refractivity contribution in [3.63, 3.8) is 0 Å². The number of fused-ring (bicyclic) bond motifs is 1. The Morgan fingerprint density at radius 1 is 1.12 bits per heavy atom. The van der Waals surface area contributed by atoms with Gasteiger partial charge in [0, 0.05) is 0 Å². The van der Waals surface area contributed by atoms with Crippen LogP contribution in [0, 0.1) is 5.92 Å². The fourth-order valence-electron chi connectivity index (χ4n) is 4.17. The van der Waals surface area contributed by atoms with Gasteiger partial charge < -0.3 is 20.9 Å². The highest BCUT2D eigenvalue weighted by Gasteiger charge is 2.24. The third-order valence-electron chi connectivity index (χ3n) is 5.57. The summed E-state index contributed by atoms with van der Waals surface area (Å²) in [5, 5.41) is 11.7. The predicted molar refractivity (Wildman–Crippen MR) is 98.5 cm³/mol. The molecule has 6 heteroatoms. The van der Waals surface area contributed by atoms with E-state index in [1.54, 1.807) is 6.07 Å². The van der Waals surface area contributed by atoms with E-state index in [1.807, 2.05) is 6.07 Å². The molecule has 0 spiro atoms. The van der Waals surface area contributed by atoms with Crippen molar-refractivity contribution < 1.29 is 19.4 Å². The molecule has 1 atom stereocenters. The van der Waals surface area contributed by atoms with Crippen LogP contribution < -0.4 is 15.8 Å². The molecule has 0 bridgehead atoms. The summed E-state index contributed by atoms with van der Waals surface area (Å²) in [5.74, 6) is 0.535. The average Bonchev–Trinajstić information content (AvgIpc) is 2.81. The largest absolute Gasteiger partial charge is 0.492 e. The van der Waals surface area contributed by atoms with Crippen molar-refractivity contribution in [2.45, 2.75) is 63.8 Å². The van der Waals surface area contributed by atoms with Crippen LogP contribution in [0.4, 0.5) is 4.79 Å². The SMILES string of the molecule is NC(=O)c1cc2c(cc1OCC1CCCCC1)CCCCC2NC(=O)O. The standard InChI is InChI=1S/C20H28N2O4/c21-19(23)16-11-15-14(8-4-5-9-17(15)22-20(24)25)10-18(16)26-12-13-6-2-1-3-7-13/h10-11,13,17,22H,1-9,12H2,(H2,21,23)(H,24,25). The number of primary amides is 1. The van der Waals surface area contributed by atoms with Gasteiger partial charge in [-0.1, -0.05) is 25.7 Å². The molecule has 1 aromatic carbocycles. The van der Waals surface area contributed by atoms with Crippen molar-refractivity contribution in [3.05, 3.63) is 28.8 Å². The van der Waals surface area contributed by atoms with Crippen molar-refractivity contribution in [2.24, 2.45) is 11.7 Å². The summed E-state index contributed by atoms with van der Waals surface area (Å²) in [6.07, 6.45) is 8.55. The Kier molecular flexibility index (Phi) is 6.01. The third-order valence-corrected chi connectivity index (χ3v) is 5.57. The molecule has 26 heavy (non-hydrogen) atoms. The zero-order valence-electron chi connectivity index (χ0n) is 15.1. The number of nitrogens with two attached hydrogens (primary N) is 1. The number of carboxylic acid groups (broad SMARTS) is 1. The summed E-state index contributed by atoms with van der Waals surface area (Å²) < 4.78 is 6.02. The molecule has 1 aromatic rings. The van der Waals surface area contributed by atoms with Crippen LogP contribution in [-0.4, -0.2) is 23.7 Å². The van der Waals surface area contributed by atoms with Crippen molar-refractivity contribution in [1.82, 2.24) is 5.32 Å². The number of carbonyl (C=O) groups is 2. The second-order valence-electron chi connectivity index (χ2n) is 7.47. The summed E-state index contributed by atoms with van der Waals surface area (Å²) in [5.41, 5.74) is 7.83. The zero-order chi connectivity index (χ0) is 18.5. The van der Waals surface area contributed by atoms with Gasteiger partial charge in [0.1, 0.15) is 5.75 Å². The number of hydrogen-bond donors (Lipinski definition) is 3. The molecule has 2 amide bonds. The summed E-state index contributed by atoms with van der Waals surface area (Å²) in [6, 6.07) is 3.33. The number of amides is 2. The molecule has 4 N–H and O–H groups in total. The zero-order valence-corrected chi connectivity index (χ0v) is 15.1. The molecule has 6 nitrogen and oxygen atoms in total. The molecule has 3 rings (SSSR count). The van der Waals surface area contributed by atoms with Gasteiger partial charge in [-0.05, 0) is 61.3 Å². The number of carbonyl (C=O) groups excluding carboxylic acids is 1. The Morgan fingerprint density at radius 3 is 2.54 bits per heavy atom. The maximum atomic E-state index is 12.0. The lowest BCUT2D eigenvalue weighted by Gasteiger charge is -2.24. The lowest BCUT2D eigenvalue weighted by Crippen LogP contribution is -2.27. The first-order chi connectivity index (χ1) is 12.5. The van der Waals surface area contributed by atoms with E-state index in [1.165, 1.54) is 32.1 Å². The Morgan fingerprint density at radius 2 is 1.85 bits per heavy atom. The van der Waals surface area contributed by atoms with Crippen LogP contribution >= 0.6 is 0 Å². The summed E-state index contributed by atoms with van der Waals surface area (Å²) >= 11 is 0. The van der Waals surface area contributed by atoms with Crippen LogP contribution in [0.2, 0.25) is 0 Å². The molecule has 2 aliphatic carbocycles. The van der Waals surface area contributed by atoms with Crippen LogP contribution in [0.1, 0.15) is 78.9 Å². The minimum absolute atomic E-state index is 0.310. The van der Waals surface area contributed by atoms with Gasteiger partial charge in [-0.3, -0.25) is 4.79 Å². The van der Waals surface area contributed by atoms with Gasteiger partial charge in [0.2, 0.25) is 0 Å². The third kappa shape index (κ3) is 4.48. The van der Waals surface area contributed by atoms with Crippen LogP contribution in [-0.2, 0) is 6.42 Å². The normalized spacial score (nSPS) is 20.7. The first-order valence-corrected chi connectivity index (χ1v) is 9.63. The van der Waals surface area contributed by atoms with Crippen molar-refractivity contribution in [1.29, 1.82) is 0 Å². The quantitative estimate of drug-likeness (QED) is 0.695. The molecule has 0 radical (unpaired) electrons. The Bertz CT molecular complexity index is 668. The van der Waals surface area contributed by atoms with Gasteiger partial charge in [-0.2, -0.15) is 0 Å². The highest BCUT2D eigenvalue weighted by Crippen LogP contribution is 2.34. The predicted octanol–water partition coefficient (Wildman–Crippen LogP) is 3.78. The molecule has 1 fully saturated rings. The van der Waals surface area contributed by atoms with E-state index < -0.39 is 12.0 Å². The molecule has 1 unspecified atom stereocenters. The van der Waals surface area contributed by atoms with E-state index in [4.69, 9.17) is 15.6 Å². The van der Waals surface area contributed by atoms with Gasteiger partial charge in [0.15, 0.2) is 0 Å². The molecule has 1 saturated carbocycles. The van der Waals surface area contributed by atoms with Crippen LogP contribution in [0.15, 0.2) is 12.1 Å².